The lowest BCUT2D eigenvalue weighted by atomic mass is 10.2. The molecule has 2 fully saturated rings. The van der Waals surface area contributed by atoms with Gasteiger partial charge in [-0.2, -0.15) is 0 Å². The van der Waals surface area contributed by atoms with Crippen molar-refractivity contribution in [3.63, 3.8) is 0 Å². The molecule has 1 aliphatic carbocycles. The van der Waals surface area contributed by atoms with Crippen LogP contribution in [0.3, 0.4) is 0 Å². The van der Waals surface area contributed by atoms with E-state index in [1.807, 2.05) is 23.1 Å². The third-order valence-corrected chi connectivity index (χ3v) is 5.70. The number of amides is 1. The zero-order valence-corrected chi connectivity index (χ0v) is 16.6. The van der Waals surface area contributed by atoms with Gasteiger partial charge in [0, 0.05) is 44.5 Å². The van der Waals surface area contributed by atoms with E-state index in [-0.39, 0.29) is 5.91 Å². The molecule has 0 aromatic heterocycles. The number of anilines is 1. The molecule has 0 bridgehead atoms. The minimum atomic E-state index is 0.258. The van der Waals surface area contributed by atoms with Crippen molar-refractivity contribution in [2.45, 2.75) is 25.4 Å². The maximum Gasteiger partial charge on any atom is 0.236 e. The topological polar surface area (TPSA) is 36.0 Å². The highest BCUT2D eigenvalue weighted by molar-refractivity contribution is 5.78. The van der Waals surface area contributed by atoms with E-state index in [9.17, 15) is 4.79 Å². The van der Waals surface area contributed by atoms with E-state index in [1.165, 1.54) is 24.1 Å². The van der Waals surface area contributed by atoms with E-state index in [0.717, 1.165) is 38.5 Å². The fourth-order valence-electron chi connectivity index (χ4n) is 3.85. The highest BCUT2D eigenvalue weighted by atomic mass is 16.5. The van der Waals surface area contributed by atoms with E-state index in [4.69, 9.17) is 4.74 Å². The summed E-state index contributed by atoms with van der Waals surface area (Å²) in [5.41, 5.74) is 2.48. The van der Waals surface area contributed by atoms with Gasteiger partial charge >= 0.3 is 0 Å². The van der Waals surface area contributed by atoms with Crippen molar-refractivity contribution in [3.05, 3.63) is 60.2 Å². The summed E-state index contributed by atoms with van der Waals surface area (Å²) in [6.07, 6.45) is 2.40. The fraction of sp³-hybridized carbons (Fsp3) is 0.435. The molecule has 0 radical (unpaired) electrons. The number of rotatable bonds is 7. The SMILES string of the molecule is COc1ccc(CN(CC(=O)N2CCN(c3ccccc3)CC2)C2CC2)cc1. The molecule has 148 valence electrons. The molecule has 2 aromatic carbocycles. The van der Waals surface area contributed by atoms with Gasteiger partial charge in [-0.05, 0) is 42.7 Å². The van der Waals surface area contributed by atoms with Crippen LogP contribution in [0.25, 0.3) is 0 Å². The van der Waals surface area contributed by atoms with Gasteiger partial charge in [0.25, 0.3) is 0 Å². The van der Waals surface area contributed by atoms with Crippen molar-refractivity contribution in [2.24, 2.45) is 0 Å². The van der Waals surface area contributed by atoms with E-state index >= 15 is 0 Å². The Kier molecular flexibility index (Phi) is 5.81. The number of para-hydroxylation sites is 1. The molecule has 0 N–H and O–H groups in total. The predicted molar refractivity (Wildman–Crippen MR) is 112 cm³/mol. The first kappa shape index (κ1) is 18.8. The summed E-state index contributed by atoms with van der Waals surface area (Å²) in [6.45, 7) is 4.74. The second kappa shape index (κ2) is 8.65. The second-order valence-corrected chi connectivity index (χ2v) is 7.69. The predicted octanol–water partition coefficient (Wildman–Crippen LogP) is 3.01. The van der Waals surface area contributed by atoms with Crippen LogP contribution in [0.5, 0.6) is 5.75 Å². The monoisotopic (exact) mass is 379 g/mol. The molecule has 0 atom stereocenters. The summed E-state index contributed by atoms with van der Waals surface area (Å²) in [7, 11) is 1.68. The standard InChI is InChI=1S/C23H29N3O2/c1-28-22-11-7-19(8-12-22)17-26(21-9-10-21)18-23(27)25-15-13-24(14-16-25)20-5-3-2-4-6-20/h2-8,11-12,21H,9-10,13-18H2,1H3. The van der Waals surface area contributed by atoms with Crippen molar-refractivity contribution < 1.29 is 9.53 Å². The number of benzene rings is 2. The normalized spacial score (nSPS) is 17.1. The van der Waals surface area contributed by atoms with E-state index in [0.29, 0.717) is 12.6 Å². The summed E-state index contributed by atoms with van der Waals surface area (Å²) < 4.78 is 5.24. The molecule has 5 heteroatoms. The second-order valence-electron chi connectivity index (χ2n) is 7.69. The van der Waals surface area contributed by atoms with Crippen LogP contribution in [0.4, 0.5) is 5.69 Å². The molecule has 1 aliphatic heterocycles. The van der Waals surface area contributed by atoms with Gasteiger partial charge in [-0.25, -0.2) is 0 Å². The summed E-state index contributed by atoms with van der Waals surface area (Å²) in [4.78, 5) is 19.7. The van der Waals surface area contributed by atoms with Crippen LogP contribution in [0.15, 0.2) is 54.6 Å². The van der Waals surface area contributed by atoms with E-state index in [1.54, 1.807) is 7.11 Å². The Labute approximate surface area is 167 Å². The Hall–Kier alpha value is -2.53. The van der Waals surface area contributed by atoms with Crippen molar-refractivity contribution in [2.75, 3.05) is 44.7 Å². The minimum Gasteiger partial charge on any atom is -0.497 e. The largest absolute Gasteiger partial charge is 0.497 e. The van der Waals surface area contributed by atoms with Gasteiger partial charge in [-0.3, -0.25) is 9.69 Å². The first-order chi connectivity index (χ1) is 13.7. The van der Waals surface area contributed by atoms with Crippen LogP contribution in [-0.4, -0.2) is 61.6 Å². The molecule has 1 saturated carbocycles. The smallest absolute Gasteiger partial charge is 0.236 e. The van der Waals surface area contributed by atoms with Gasteiger partial charge in [0.1, 0.15) is 5.75 Å². The number of piperazine rings is 1. The average molecular weight is 380 g/mol. The van der Waals surface area contributed by atoms with Crippen molar-refractivity contribution >= 4 is 11.6 Å². The van der Waals surface area contributed by atoms with Crippen molar-refractivity contribution in [1.29, 1.82) is 0 Å². The molecule has 0 unspecified atom stereocenters. The van der Waals surface area contributed by atoms with E-state index in [2.05, 4.69) is 46.2 Å². The van der Waals surface area contributed by atoms with Crippen LogP contribution in [0.2, 0.25) is 0 Å². The molecule has 5 nitrogen and oxygen atoms in total. The van der Waals surface area contributed by atoms with Gasteiger partial charge in [0.05, 0.1) is 13.7 Å². The number of hydrogen-bond acceptors (Lipinski definition) is 4. The van der Waals surface area contributed by atoms with Gasteiger partial charge in [-0.1, -0.05) is 30.3 Å². The quantitative estimate of drug-likeness (QED) is 0.741. The Morgan fingerprint density at radius 2 is 1.68 bits per heavy atom. The van der Waals surface area contributed by atoms with Crippen LogP contribution in [-0.2, 0) is 11.3 Å². The molecule has 0 spiro atoms. The lowest BCUT2D eigenvalue weighted by molar-refractivity contribution is -0.133. The Balaban J connectivity index is 1.31. The Morgan fingerprint density at radius 1 is 1.00 bits per heavy atom. The summed E-state index contributed by atoms with van der Waals surface area (Å²) in [6, 6.07) is 19.2. The van der Waals surface area contributed by atoms with Crippen LogP contribution < -0.4 is 9.64 Å². The van der Waals surface area contributed by atoms with Gasteiger partial charge < -0.3 is 14.5 Å². The lowest BCUT2D eigenvalue weighted by Gasteiger charge is -2.37. The average Bonchev–Trinajstić information content (AvgIpc) is 3.60. The van der Waals surface area contributed by atoms with Crippen LogP contribution >= 0.6 is 0 Å². The lowest BCUT2D eigenvalue weighted by Crippen LogP contribution is -2.51. The number of carbonyl (C=O) groups is 1. The Bertz CT molecular complexity index is 766. The number of hydrogen-bond donors (Lipinski definition) is 0. The fourth-order valence-corrected chi connectivity index (χ4v) is 3.85. The molecule has 1 saturated heterocycles. The van der Waals surface area contributed by atoms with Gasteiger partial charge in [0.2, 0.25) is 5.91 Å². The number of methoxy groups -OCH3 is 1. The maximum absolute atomic E-state index is 12.9. The summed E-state index contributed by atoms with van der Waals surface area (Å²) in [5.74, 6) is 1.13. The first-order valence-corrected chi connectivity index (χ1v) is 10.2. The molecular formula is C23H29N3O2. The first-order valence-electron chi connectivity index (χ1n) is 10.2. The van der Waals surface area contributed by atoms with Crippen LogP contribution in [0, 0.1) is 0 Å². The van der Waals surface area contributed by atoms with Gasteiger partial charge in [-0.15, -0.1) is 0 Å². The zero-order valence-electron chi connectivity index (χ0n) is 16.6. The number of nitrogens with zero attached hydrogens (tertiary/aromatic N) is 3. The van der Waals surface area contributed by atoms with Crippen LogP contribution in [0.1, 0.15) is 18.4 Å². The zero-order chi connectivity index (χ0) is 19.3. The molecule has 2 aliphatic rings. The van der Waals surface area contributed by atoms with E-state index < -0.39 is 0 Å². The van der Waals surface area contributed by atoms with Gasteiger partial charge in [0.15, 0.2) is 0 Å². The third-order valence-electron chi connectivity index (χ3n) is 5.70. The Morgan fingerprint density at radius 3 is 2.29 bits per heavy atom. The molecule has 4 rings (SSSR count). The molecule has 2 aromatic rings. The molecule has 28 heavy (non-hydrogen) atoms. The molecule has 1 amide bonds. The van der Waals surface area contributed by atoms with Crippen molar-refractivity contribution in [3.8, 4) is 5.75 Å². The highest BCUT2D eigenvalue weighted by Gasteiger charge is 2.32. The number of ether oxygens (including phenoxy) is 1. The number of carbonyl (C=O) groups excluding carboxylic acids is 1. The summed E-state index contributed by atoms with van der Waals surface area (Å²) >= 11 is 0. The maximum atomic E-state index is 12.9. The highest BCUT2D eigenvalue weighted by Crippen LogP contribution is 2.28. The summed E-state index contributed by atoms with van der Waals surface area (Å²) in [5, 5.41) is 0. The third kappa shape index (κ3) is 4.65. The molecule has 1 heterocycles. The van der Waals surface area contributed by atoms with Crippen molar-refractivity contribution in [1.82, 2.24) is 9.80 Å². The minimum absolute atomic E-state index is 0.258. The molecular weight excluding hydrogens is 350 g/mol.